The maximum atomic E-state index is 13.7. The van der Waals surface area contributed by atoms with Crippen molar-refractivity contribution in [2.24, 2.45) is 0 Å². The van der Waals surface area contributed by atoms with Crippen LogP contribution in [-0.4, -0.2) is 10.1 Å². The van der Waals surface area contributed by atoms with Gasteiger partial charge in [-0.25, -0.2) is 4.39 Å². The summed E-state index contributed by atoms with van der Waals surface area (Å²) in [6, 6.07) is 18.0. The molecule has 2 N–H and O–H groups in total. The third kappa shape index (κ3) is 5.49. The Kier molecular flexibility index (Phi) is 6.33. The number of benzene rings is 2. The number of anilines is 1. The summed E-state index contributed by atoms with van der Waals surface area (Å²) in [7, 11) is 0. The molecule has 3 aromatic rings. The van der Waals surface area contributed by atoms with Crippen molar-refractivity contribution < 1.29 is 9.13 Å². The molecule has 1 heterocycles. The number of hydrogen-bond donors (Lipinski definition) is 2. The van der Waals surface area contributed by atoms with Gasteiger partial charge in [0.2, 0.25) is 0 Å². The average Bonchev–Trinajstić information content (AvgIpc) is 2.69. The molecule has 138 valence electrons. The van der Waals surface area contributed by atoms with Crippen molar-refractivity contribution in [3.8, 4) is 5.75 Å². The number of aromatic nitrogens is 1. The van der Waals surface area contributed by atoms with Crippen LogP contribution in [0.2, 0.25) is 0 Å². The van der Waals surface area contributed by atoms with Gasteiger partial charge >= 0.3 is 0 Å². The van der Waals surface area contributed by atoms with Gasteiger partial charge in [0.25, 0.3) is 0 Å². The number of hydrogen-bond acceptors (Lipinski definition) is 3. The lowest BCUT2D eigenvalue weighted by molar-refractivity contribution is 0.305. The first-order valence-electron chi connectivity index (χ1n) is 8.55. The van der Waals surface area contributed by atoms with Gasteiger partial charge in [0, 0.05) is 18.0 Å². The molecule has 0 amide bonds. The van der Waals surface area contributed by atoms with Gasteiger partial charge in [-0.3, -0.25) is 4.98 Å². The number of nitrogens with zero attached hydrogens (tertiary/aromatic N) is 1. The third-order valence-electron chi connectivity index (χ3n) is 3.98. The van der Waals surface area contributed by atoms with Crippen LogP contribution in [0.15, 0.2) is 73.1 Å². The molecule has 0 saturated heterocycles. The van der Waals surface area contributed by atoms with E-state index in [0.717, 1.165) is 16.9 Å². The van der Waals surface area contributed by atoms with Gasteiger partial charge in [0.05, 0.1) is 11.7 Å². The van der Waals surface area contributed by atoms with Crippen molar-refractivity contribution in [2.75, 3.05) is 5.32 Å². The van der Waals surface area contributed by atoms with Crippen molar-refractivity contribution in [2.45, 2.75) is 19.6 Å². The topological polar surface area (TPSA) is 46.2 Å². The number of thiocarbonyl (C=S) groups is 1. The van der Waals surface area contributed by atoms with Crippen molar-refractivity contribution in [1.29, 1.82) is 0 Å². The first-order valence-corrected chi connectivity index (χ1v) is 8.96. The molecular formula is C21H20FN3OS. The van der Waals surface area contributed by atoms with Crippen LogP contribution in [0, 0.1) is 5.82 Å². The highest BCUT2D eigenvalue weighted by Crippen LogP contribution is 2.19. The fourth-order valence-corrected chi connectivity index (χ4v) is 2.79. The number of para-hydroxylation sites is 1. The van der Waals surface area contributed by atoms with Crippen LogP contribution in [0.25, 0.3) is 0 Å². The second-order valence-corrected chi connectivity index (χ2v) is 6.43. The Morgan fingerprint density at radius 3 is 2.59 bits per heavy atom. The lowest BCUT2D eigenvalue weighted by Gasteiger charge is -2.18. The molecule has 2 aromatic carbocycles. The summed E-state index contributed by atoms with van der Waals surface area (Å²) in [5, 5.41) is 6.39. The lowest BCUT2D eigenvalue weighted by Crippen LogP contribution is -2.31. The van der Waals surface area contributed by atoms with Crippen LogP contribution in [0.5, 0.6) is 5.75 Å². The van der Waals surface area contributed by atoms with Gasteiger partial charge in [0.15, 0.2) is 5.11 Å². The molecule has 0 aliphatic heterocycles. The predicted octanol–water partition coefficient (Wildman–Crippen LogP) is 4.85. The summed E-state index contributed by atoms with van der Waals surface area (Å²) < 4.78 is 19.4. The fourth-order valence-electron chi connectivity index (χ4n) is 2.50. The average molecular weight is 381 g/mol. The Bertz CT molecular complexity index is 887. The Morgan fingerprint density at radius 1 is 1.11 bits per heavy atom. The molecular weight excluding hydrogens is 361 g/mol. The highest BCUT2D eigenvalue weighted by molar-refractivity contribution is 7.80. The summed E-state index contributed by atoms with van der Waals surface area (Å²) in [5.74, 6) is 0.436. The molecule has 27 heavy (non-hydrogen) atoms. The molecule has 4 nitrogen and oxygen atoms in total. The fraction of sp³-hybridized carbons (Fsp3) is 0.143. The molecule has 1 unspecified atom stereocenters. The minimum atomic E-state index is -0.343. The zero-order chi connectivity index (χ0) is 19.1. The van der Waals surface area contributed by atoms with Gasteiger partial charge in [-0.2, -0.15) is 0 Å². The second kappa shape index (κ2) is 9.09. The second-order valence-electron chi connectivity index (χ2n) is 6.02. The van der Waals surface area contributed by atoms with Crippen LogP contribution in [-0.2, 0) is 6.61 Å². The van der Waals surface area contributed by atoms with E-state index in [-0.39, 0.29) is 11.9 Å². The summed E-state index contributed by atoms with van der Waals surface area (Å²) in [6.45, 7) is 2.46. The van der Waals surface area contributed by atoms with E-state index in [2.05, 4.69) is 15.6 Å². The van der Waals surface area contributed by atoms with Crippen molar-refractivity contribution >= 4 is 23.0 Å². The SMILES string of the molecule is CC(NC(=S)Nc1ccccc1F)c1ccc(OCc2cccnc2)cc1. The van der Waals surface area contributed by atoms with E-state index in [1.807, 2.05) is 43.3 Å². The summed E-state index contributed by atoms with van der Waals surface area (Å²) in [6.07, 6.45) is 3.52. The first-order chi connectivity index (χ1) is 13.1. The van der Waals surface area contributed by atoms with Crippen LogP contribution < -0.4 is 15.4 Å². The predicted molar refractivity (Wildman–Crippen MR) is 109 cm³/mol. The van der Waals surface area contributed by atoms with E-state index < -0.39 is 0 Å². The number of pyridine rings is 1. The van der Waals surface area contributed by atoms with Crippen molar-refractivity contribution in [3.63, 3.8) is 0 Å². The monoisotopic (exact) mass is 381 g/mol. The van der Waals surface area contributed by atoms with E-state index >= 15 is 0 Å². The maximum absolute atomic E-state index is 13.7. The van der Waals surface area contributed by atoms with Crippen molar-refractivity contribution in [1.82, 2.24) is 10.3 Å². The highest BCUT2D eigenvalue weighted by Gasteiger charge is 2.09. The smallest absolute Gasteiger partial charge is 0.171 e. The van der Waals surface area contributed by atoms with Crippen LogP contribution in [0.3, 0.4) is 0 Å². The summed E-state index contributed by atoms with van der Waals surface area (Å²) in [4.78, 5) is 4.07. The highest BCUT2D eigenvalue weighted by atomic mass is 32.1. The molecule has 0 aliphatic rings. The van der Waals surface area contributed by atoms with Crippen LogP contribution >= 0.6 is 12.2 Å². The molecule has 1 atom stereocenters. The number of nitrogens with one attached hydrogen (secondary N) is 2. The van der Waals surface area contributed by atoms with Gasteiger partial charge in [-0.1, -0.05) is 30.3 Å². The van der Waals surface area contributed by atoms with Gasteiger partial charge in [0.1, 0.15) is 18.2 Å². The minimum Gasteiger partial charge on any atom is -0.489 e. The zero-order valence-electron chi connectivity index (χ0n) is 14.9. The molecule has 0 aliphatic carbocycles. The number of rotatable bonds is 6. The molecule has 0 saturated carbocycles. The Hall–Kier alpha value is -2.99. The standard InChI is InChI=1S/C21H20FN3OS/c1-15(24-21(27)25-20-7-3-2-6-19(20)22)17-8-10-18(11-9-17)26-14-16-5-4-12-23-13-16/h2-13,15H,14H2,1H3,(H2,24,25,27). The summed E-state index contributed by atoms with van der Waals surface area (Å²) in [5.41, 5.74) is 2.41. The molecule has 6 heteroatoms. The van der Waals surface area contributed by atoms with Gasteiger partial charge in [-0.15, -0.1) is 0 Å². The normalized spacial score (nSPS) is 11.5. The van der Waals surface area contributed by atoms with Crippen LogP contribution in [0.1, 0.15) is 24.1 Å². The third-order valence-corrected chi connectivity index (χ3v) is 4.20. The minimum absolute atomic E-state index is 0.0378. The Morgan fingerprint density at radius 2 is 1.89 bits per heavy atom. The first kappa shape index (κ1) is 18.8. The van der Waals surface area contributed by atoms with Crippen molar-refractivity contribution in [3.05, 3.63) is 90.0 Å². The van der Waals surface area contributed by atoms with Gasteiger partial charge < -0.3 is 15.4 Å². The van der Waals surface area contributed by atoms with E-state index in [0.29, 0.717) is 17.4 Å². The number of halogens is 1. The van der Waals surface area contributed by atoms with E-state index in [1.165, 1.54) is 6.07 Å². The molecule has 0 spiro atoms. The lowest BCUT2D eigenvalue weighted by atomic mass is 10.1. The largest absolute Gasteiger partial charge is 0.489 e. The molecule has 1 aromatic heterocycles. The van der Waals surface area contributed by atoms with Crippen LogP contribution in [0.4, 0.5) is 10.1 Å². The zero-order valence-corrected chi connectivity index (χ0v) is 15.7. The van der Waals surface area contributed by atoms with E-state index in [9.17, 15) is 4.39 Å². The molecule has 0 fully saturated rings. The molecule has 3 rings (SSSR count). The Balaban J connectivity index is 1.53. The maximum Gasteiger partial charge on any atom is 0.171 e. The Labute approximate surface area is 163 Å². The molecule has 0 radical (unpaired) electrons. The van der Waals surface area contributed by atoms with E-state index in [1.54, 1.807) is 30.6 Å². The van der Waals surface area contributed by atoms with Gasteiger partial charge in [-0.05, 0) is 55.0 Å². The van der Waals surface area contributed by atoms with E-state index in [4.69, 9.17) is 17.0 Å². The summed E-state index contributed by atoms with van der Waals surface area (Å²) >= 11 is 5.27. The quantitative estimate of drug-likeness (QED) is 0.598. The number of ether oxygens (including phenoxy) is 1. The molecule has 0 bridgehead atoms.